The van der Waals surface area contributed by atoms with Gasteiger partial charge in [0.05, 0.1) is 0 Å². The van der Waals surface area contributed by atoms with E-state index in [4.69, 9.17) is 13.5 Å². The Balaban J connectivity index is 1.51. The fraction of sp³-hybridized carbons (Fsp3) is 0.806. The molecule has 6 aliphatic rings. The minimum atomic E-state index is -2.49. The van der Waals surface area contributed by atoms with E-state index in [9.17, 15) is 4.39 Å². The third-order valence-electron chi connectivity index (χ3n) is 10.6. The summed E-state index contributed by atoms with van der Waals surface area (Å²) < 4.78 is 49.7. The lowest BCUT2D eigenvalue weighted by Gasteiger charge is -2.53. The molecule has 44 heavy (non-hydrogen) atoms. The molecule has 6 heterocycles. The number of benzene rings is 1. The van der Waals surface area contributed by atoms with Crippen LogP contribution in [-0.4, -0.2) is 100 Å². The molecule has 5 fully saturated rings. The highest BCUT2D eigenvalue weighted by atomic mass is 31.3. The monoisotopic (exact) mass is 665 g/mol. The van der Waals surface area contributed by atoms with Crippen LogP contribution in [0, 0.1) is 5.82 Å². The highest BCUT2D eigenvalue weighted by molar-refractivity contribution is 7.83. The van der Waals surface area contributed by atoms with Gasteiger partial charge in [0.15, 0.2) is 0 Å². The topological polar surface area (TPSA) is 56.5 Å². The van der Waals surface area contributed by atoms with Crippen molar-refractivity contribution in [1.29, 1.82) is 0 Å². The molecule has 0 amide bonds. The smallest absolute Gasteiger partial charge is 0.221 e. The molecule has 7 rings (SSSR count). The van der Waals surface area contributed by atoms with Crippen molar-refractivity contribution in [2.75, 3.05) is 72.0 Å². The second-order valence-electron chi connectivity index (χ2n) is 13.5. The van der Waals surface area contributed by atoms with E-state index >= 15 is 0 Å². The van der Waals surface area contributed by atoms with Crippen LogP contribution in [0.25, 0.3) is 0 Å². The van der Waals surface area contributed by atoms with Crippen LogP contribution in [-0.2, 0) is 6.54 Å². The van der Waals surface area contributed by atoms with Crippen LogP contribution >= 0.6 is 22.5 Å². The van der Waals surface area contributed by atoms with Gasteiger partial charge in [-0.25, -0.2) is 32.4 Å². The summed E-state index contributed by atoms with van der Waals surface area (Å²) in [6.07, 6.45) is 15.3. The number of piperidine rings is 4. The third kappa shape index (κ3) is 6.03. The molecule has 0 aliphatic carbocycles. The zero-order valence-corrected chi connectivity index (χ0v) is 29.7. The normalized spacial score (nSPS) is 31.4. The molecular formula is C31H55FN9P3. The predicted molar refractivity (Wildman–Crippen MR) is 184 cm³/mol. The Labute approximate surface area is 266 Å². The van der Waals surface area contributed by atoms with Crippen LogP contribution in [0.4, 0.5) is 4.39 Å². The van der Waals surface area contributed by atoms with Crippen molar-refractivity contribution in [1.82, 2.24) is 28.0 Å². The maximum atomic E-state index is 14.0. The van der Waals surface area contributed by atoms with Crippen LogP contribution in [0.5, 0.6) is 0 Å². The Morgan fingerprint density at radius 3 is 1.27 bits per heavy atom. The molecule has 246 valence electrons. The summed E-state index contributed by atoms with van der Waals surface area (Å²) in [5.74, 6) is -0.166. The van der Waals surface area contributed by atoms with Crippen molar-refractivity contribution in [2.45, 2.75) is 90.5 Å². The van der Waals surface area contributed by atoms with E-state index < -0.39 is 22.5 Å². The molecule has 0 N–H and O–H groups in total. The molecule has 6 aliphatic heterocycles. The fourth-order valence-electron chi connectivity index (χ4n) is 8.16. The molecule has 1 unspecified atom stereocenters. The molecule has 0 radical (unpaired) electrons. The van der Waals surface area contributed by atoms with Crippen LogP contribution in [0.1, 0.15) is 89.5 Å². The molecule has 1 spiro atoms. The lowest BCUT2D eigenvalue weighted by atomic mass is 10.2. The fourth-order valence-corrected chi connectivity index (χ4v) is 24.6. The van der Waals surface area contributed by atoms with Gasteiger partial charge < -0.3 is 0 Å². The Morgan fingerprint density at radius 2 is 0.864 bits per heavy atom. The molecule has 1 aromatic rings. The van der Waals surface area contributed by atoms with Gasteiger partial charge in [-0.05, 0) is 69.1 Å². The summed E-state index contributed by atoms with van der Waals surface area (Å²) in [5.41, 5.74) is 1.16. The Morgan fingerprint density at radius 1 is 0.500 bits per heavy atom. The minimum absolute atomic E-state index is 0.166. The van der Waals surface area contributed by atoms with Gasteiger partial charge in [0.25, 0.3) is 0 Å². The van der Waals surface area contributed by atoms with Crippen molar-refractivity contribution < 1.29 is 4.39 Å². The van der Waals surface area contributed by atoms with E-state index in [2.05, 4.69) is 34.9 Å². The lowest BCUT2D eigenvalue weighted by Crippen LogP contribution is -2.41. The number of hydrogen-bond donors (Lipinski definition) is 0. The first-order chi connectivity index (χ1) is 21.6. The van der Waals surface area contributed by atoms with E-state index in [1.807, 2.05) is 12.1 Å². The molecule has 0 aromatic heterocycles. The molecule has 9 nitrogen and oxygen atoms in total. The molecule has 13 heteroatoms. The first-order valence-corrected chi connectivity index (χ1v) is 22.6. The highest BCUT2D eigenvalue weighted by Gasteiger charge is 2.53. The maximum absolute atomic E-state index is 14.0. The SMILES string of the molecule is CCN1CCN(Cc2ccc(F)cc2)P12=NP(N1CCCCC1)(N1CCCCC1)=NP(N1CCCCC1)(N1CCCCC1)=N2. The van der Waals surface area contributed by atoms with E-state index in [1.165, 1.54) is 77.0 Å². The highest BCUT2D eigenvalue weighted by Crippen LogP contribution is 2.84. The zero-order valence-electron chi connectivity index (χ0n) is 27.0. The largest absolute Gasteiger partial charge is 0.240 e. The predicted octanol–water partition coefficient (Wildman–Crippen LogP) is 8.76. The van der Waals surface area contributed by atoms with Crippen molar-refractivity contribution in [3.05, 3.63) is 35.6 Å². The van der Waals surface area contributed by atoms with Crippen molar-refractivity contribution in [2.24, 2.45) is 13.5 Å². The van der Waals surface area contributed by atoms with Crippen LogP contribution < -0.4 is 0 Å². The van der Waals surface area contributed by atoms with Crippen LogP contribution in [0.15, 0.2) is 37.8 Å². The van der Waals surface area contributed by atoms with Gasteiger partial charge in [0.2, 0.25) is 22.5 Å². The molecule has 5 saturated heterocycles. The summed E-state index contributed by atoms with van der Waals surface area (Å²) in [4.78, 5) is 0. The van der Waals surface area contributed by atoms with Gasteiger partial charge in [-0.3, -0.25) is 0 Å². The Hall–Kier alpha value is -0.400. The number of likely N-dealkylation sites (N-methyl/N-ethyl adjacent to an activating group) is 1. The second kappa shape index (κ2) is 14.0. The third-order valence-corrected chi connectivity index (χ3v) is 23.3. The first kappa shape index (κ1) is 32.2. The number of nitrogens with zero attached hydrogens (tertiary/aromatic N) is 9. The summed E-state index contributed by atoms with van der Waals surface area (Å²) in [6, 6.07) is 7.19. The average molecular weight is 666 g/mol. The lowest BCUT2D eigenvalue weighted by molar-refractivity contribution is 0.296. The summed E-state index contributed by atoms with van der Waals surface area (Å²) in [5, 5.41) is 0. The average Bonchev–Trinajstić information content (AvgIpc) is 3.41. The van der Waals surface area contributed by atoms with Gasteiger partial charge in [-0.1, -0.05) is 44.7 Å². The maximum Gasteiger partial charge on any atom is 0.221 e. The summed E-state index contributed by atoms with van der Waals surface area (Å²) >= 11 is 0. The summed E-state index contributed by atoms with van der Waals surface area (Å²) in [7, 11) is -7.32. The molecular weight excluding hydrogens is 610 g/mol. The molecule has 0 bridgehead atoms. The van der Waals surface area contributed by atoms with E-state index in [1.54, 1.807) is 12.1 Å². The van der Waals surface area contributed by atoms with E-state index in [0.717, 1.165) is 84.1 Å². The van der Waals surface area contributed by atoms with Gasteiger partial charge in [-0.2, -0.15) is 13.5 Å². The first-order valence-electron chi connectivity index (χ1n) is 17.8. The van der Waals surface area contributed by atoms with Gasteiger partial charge >= 0.3 is 0 Å². The molecule has 0 saturated carbocycles. The Kier molecular flexibility index (Phi) is 10.2. The van der Waals surface area contributed by atoms with Crippen molar-refractivity contribution >= 4 is 22.5 Å². The van der Waals surface area contributed by atoms with Crippen LogP contribution in [0.2, 0.25) is 0 Å². The number of rotatable bonds is 7. The quantitative estimate of drug-likeness (QED) is 0.272. The van der Waals surface area contributed by atoms with E-state index in [0.29, 0.717) is 0 Å². The second-order valence-corrected chi connectivity index (χ2v) is 22.3. The summed E-state index contributed by atoms with van der Waals surface area (Å²) in [6.45, 7) is 14.9. The van der Waals surface area contributed by atoms with E-state index in [-0.39, 0.29) is 5.82 Å². The molecule has 1 aromatic carbocycles. The minimum Gasteiger partial charge on any atom is -0.240 e. The Bertz CT molecular complexity index is 1210. The van der Waals surface area contributed by atoms with Gasteiger partial charge in [-0.15, -0.1) is 0 Å². The number of hydrogen-bond acceptors (Lipinski definition) is 9. The van der Waals surface area contributed by atoms with Crippen molar-refractivity contribution in [3.63, 3.8) is 0 Å². The zero-order chi connectivity index (χ0) is 30.0. The van der Waals surface area contributed by atoms with Gasteiger partial charge in [0.1, 0.15) is 5.82 Å². The molecule has 1 atom stereocenters. The van der Waals surface area contributed by atoms with Gasteiger partial charge in [0, 0.05) is 78.5 Å². The standard InChI is InChI=1S/C31H55FN9P3/c1-2-36-27-28-41(29-30-15-17-31(32)18-16-30)42(36)33-43(37-19-7-3-8-20-37,38-21-9-4-10-22-38)35-44(34-42,39-23-11-5-12-24-39)40-25-13-6-14-26-40/h15-18H,2-14,19-29H2,1H3. The van der Waals surface area contributed by atoms with Crippen molar-refractivity contribution in [3.8, 4) is 0 Å². The number of halogens is 1. The van der Waals surface area contributed by atoms with Crippen LogP contribution in [0.3, 0.4) is 0 Å².